The van der Waals surface area contributed by atoms with Crippen LogP contribution in [0.25, 0.3) is 0 Å². The molecular weight excluding hydrogens is 425 g/mol. The third-order valence-electron chi connectivity index (χ3n) is 4.09. The molecule has 1 atom stereocenters. The van der Waals surface area contributed by atoms with Gasteiger partial charge in [0.25, 0.3) is 0 Å². The molecule has 2 aromatic carbocycles. The topological polar surface area (TPSA) is 73.2 Å². The number of hydrogen-bond donors (Lipinski definition) is 1. The van der Waals surface area contributed by atoms with E-state index in [0.29, 0.717) is 40.1 Å². The number of nitrogens with zero attached hydrogens (tertiary/aromatic N) is 2. The van der Waals surface area contributed by atoms with Crippen LogP contribution >= 0.6 is 35.0 Å². The first-order chi connectivity index (χ1) is 12.8. The Balaban J connectivity index is 2.04. The molecule has 0 aliphatic carbocycles. The van der Waals surface area contributed by atoms with Gasteiger partial charge in [0.15, 0.2) is 0 Å². The predicted octanol–water partition coefficient (Wildman–Crippen LogP) is 4.00. The van der Waals surface area contributed by atoms with Gasteiger partial charge in [-0.05, 0) is 43.3 Å². The van der Waals surface area contributed by atoms with Crippen molar-refractivity contribution in [2.45, 2.75) is 27.7 Å². The summed E-state index contributed by atoms with van der Waals surface area (Å²) >= 11 is 13.4. The summed E-state index contributed by atoms with van der Waals surface area (Å²) < 4.78 is 28.0. The maximum absolute atomic E-state index is 13.3. The van der Waals surface area contributed by atoms with Gasteiger partial charge in [0, 0.05) is 45.5 Å². The smallest absolute Gasteiger partial charge is 0.244 e. The zero-order valence-electron chi connectivity index (χ0n) is 14.4. The molecule has 0 aromatic heterocycles. The van der Waals surface area contributed by atoms with E-state index in [2.05, 4.69) is 5.32 Å². The third kappa shape index (κ3) is 4.77. The molecule has 1 N–H and O–H groups in total. The normalized spacial score (nSPS) is 18.2. The molecule has 0 spiro atoms. The average molecular weight is 442 g/mol. The molecule has 0 radical (unpaired) electrons. The van der Waals surface area contributed by atoms with Crippen LogP contribution in [0.2, 0.25) is 10.0 Å². The van der Waals surface area contributed by atoms with Crippen molar-refractivity contribution < 1.29 is 8.42 Å². The highest BCUT2D eigenvalue weighted by Gasteiger charge is 2.31. The molecule has 1 aliphatic rings. The van der Waals surface area contributed by atoms with E-state index in [0.717, 1.165) is 4.90 Å². The van der Waals surface area contributed by atoms with Crippen LogP contribution in [0.15, 0.2) is 51.1 Å². The standard InChI is InChI=1S/C18H17Cl2N3O2S2/c1-12-11-23(5-4-22-12)27(24,25)18-6-13(10-21)2-3-17(18)26-16-8-14(19)7-15(20)9-16/h2-3,6-9,12,22H,4-5,11H2,1H3. The molecule has 0 saturated carbocycles. The molecule has 5 nitrogen and oxygen atoms in total. The zero-order valence-corrected chi connectivity index (χ0v) is 17.6. The van der Waals surface area contributed by atoms with Crippen LogP contribution in [0.5, 0.6) is 0 Å². The second-order valence-corrected chi connectivity index (χ2v) is 10.1. The minimum Gasteiger partial charge on any atom is -0.312 e. The zero-order chi connectivity index (χ0) is 19.6. The maximum Gasteiger partial charge on any atom is 0.244 e. The van der Waals surface area contributed by atoms with Gasteiger partial charge in [-0.2, -0.15) is 9.57 Å². The lowest BCUT2D eigenvalue weighted by molar-refractivity contribution is 0.309. The molecule has 0 bridgehead atoms. The Bertz CT molecular complexity index is 986. The summed E-state index contributed by atoms with van der Waals surface area (Å²) in [5, 5.41) is 13.4. The quantitative estimate of drug-likeness (QED) is 0.775. The van der Waals surface area contributed by atoms with Crippen molar-refractivity contribution in [3.8, 4) is 6.07 Å². The fourth-order valence-electron chi connectivity index (χ4n) is 2.83. The molecule has 1 heterocycles. The second-order valence-electron chi connectivity index (χ2n) is 6.20. The van der Waals surface area contributed by atoms with E-state index in [-0.39, 0.29) is 10.9 Å². The van der Waals surface area contributed by atoms with E-state index < -0.39 is 10.0 Å². The lowest BCUT2D eigenvalue weighted by Crippen LogP contribution is -2.51. The Kier molecular flexibility index (Phi) is 6.36. The molecule has 9 heteroatoms. The van der Waals surface area contributed by atoms with Crippen molar-refractivity contribution >= 4 is 45.0 Å². The molecule has 2 aromatic rings. The Hall–Kier alpha value is -1.27. The van der Waals surface area contributed by atoms with Crippen LogP contribution < -0.4 is 5.32 Å². The fourth-order valence-corrected chi connectivity index (χ4v) is 6.48. The summed E-state index contributed by atoms with van der Waals surface area (Å²) in [7, 11) is -3.74. The van der Waals surface area contributed by atoms with Crippen molar-refractivity contribution in [1.82, 2.24) is 9.62 Å². The van der Waals surface area contributed by atoms with E-state index in [1.54, 1.807) is 30.3 Å². The van der Waals surface area contributed by atoms with Gasteiger partial charge >= 0.3 is 0 Å². The highest BCUT2D eigenvalue weighted by atomic mass is 35.5. The molecule has 1 unspecified atom stereocenters. The molecular formula is C18H17Cl2N3O2S2. The number of halogens is 2. The van der Waals surface area contributed by atoms with E-state index in [4.69, 9.17) is 23.2 Å². The fraction of sp³-hybridized carbons (Fsp3) is 0.278. The van der Waals surface area contributed by atoms with Crippen molar-refractivity contribution in [1.29, 1.82) is 5.26 Å². The first-order valence-corrected chi connectivity index (χ1v) is 11.2. The minimum absolute atomic E-state index is 0.0653. The molecule has 1 fully saturated rings. The number of hydrogen-bond acceptors (Lipinski definition) is 5. The molecule has 1 saturated heterocycles. The molecule has 27 heavy (non-hydrogen) atoms. The van der Waals surface area contributed by atoms with E-state index in [9.17, 15) is 13.7 Å². The monoisotopic (exact) mass is 441 g/mol. The highest BCUT2D eigenvalue weighted by molar-refractivity contribution is 8.00. The van der Waals surface area contributed by atoms with Gasteiger partial charge in [-0.25, -0.2) is 8.42 Å². The minimum atomic E-state index is -3.74. The molecule has 3 rings (SSSR count). The second kappa shape index (κ2) is 8.39. The van der Waals surface area contributed by atoms with Gasteiger partial charge in [-0.3, -0.25) is 0 Å². The van der Waals surface area contributed by atoms with Crippen LogP contribution in [0.3, 0.4) is 0 Å². The predicted molar refractivity (Wildman–Crippen MR) is 108 cm³/mol. The molecule has 1 aliphatic heterocycles. The van der Waals surface area contributed by atoms with Gasteiger partial charge in [-0.15, -0.1) is 0 Å². The third-order valence-corrected chi connectivity index (χ3v) is 7.60. The summed E-state index contributed by atoms with van der Waals surface area (Å²) in [5.74, 6) is 0. The average Bonchev–Trinajstić information content (AvgIpc) is 2.61. The SMILES string of the molecule is CC1CN(S(=O)(=O)c2cc(C#N)ccc2Sc2cc(Cl)cc(Cl)c2)CCN1. The van der Waals surface area contributed by atoms with Crippen LogP contribution in [0.4, 0.5) is 0 Å². The van der Waals surface area contributed by atoms with Crippen LogP contribution in [0, 0.1) is 11.3 Å². The van der Waals surface area contributed by atoms with Crippen LogP contribution in [0.1, 0.15) is 12.5 Å². The summed E-state index contributed by atoms with van der Waals surface area (Å²) in [6, 6.07) is 11.8. The number of benzene rings is 2. The highest BCUT2D eigenvalue weighted by Crippen LogP contribution is 2.37. The van der Waals surface area contributed by atoms with Gasteiger partial charge in [0.1, 0.15) is 0 Å². The summed E-state index contributed by atoms with van der Waals surface area (Å²) in [5.41, 5.74) is 0.297. The van der Waals surface area contributed by atoms with Crippen LogP contribution in [-0.2, 0) is 10.0 Å². The maximum atomic E-state index is 13.3. The van der Waals surface area contributed by atoms with E-state index in [1.807, 2.05) is 13.0 Å². The Morgan fingerprint density at radius 3 is 2.56 bits per heavy atom. The summed E-state index contributed by atoms with van der Waals surface area (Å²) in [6.07, 6.45) is 0. The lowest BCUT2D eigenvalue weighted by atomic mass is 10.2. The van der Waals surface area contributed by atoms with Gasteiger partial charge in [-0.1, -0.05) is 35.0 Å². The molecule has 142 valence electrons. The number of nitriles is 1. The first kappa shape index (κ1) is 20.5. The number of sulfonamides is 1. The van der Waals surface area contributed by atoms with Crippen molar-refractivity contribution in [2.24, 2.45) is 0 Å². The Morgan fingerprint density at radius 1 is 1.22 bits per heavy atom. The number of rotatable bonds is 4. The summed E-state index contributed by atoms with van der Waals surface area (Å²) in [6.45, 7) is 3.30. The lowest BCUT2D eigenvalue weighted by Gasteiger charge is -2.31. The van der Waals surface area contributed by atoms with Gasteiger partial charge < -0.3 is 5.32 Å². The largest absolute Gasteiger partial charge is 0.312 e. The Labute approximate surface area is 173 Å². The van der Waals surface area contributed by atoms with E-state index >= 15 is 0 Å². The van der Waals surface area contributed by atoms with Crippen molar-refractivity contribution in [3.63, 3.8) is 0 Å². The van der Waals surface area contributed by atoms with Crippen LogP contribution in [-0.4, -0.2) is 38.4 Å². The van der Waals surface area contributed by atoms with Crippen molar-refractivity contribution in [2.75, 3.05) is 19.6 Å². The first-order valence-electron chi connectivity index (χ1n) is 8.21. The van der Waals surface area contributed by atoms with E-state index in [1.165, 1.54) is 22.1 Å². The van der Waals surface area contributed by atoms with Gasteiger partial charge in [0.05, 0.1) is 16.5 Å². The number of nitrogens with one attached hydrogen (secondary N) is 1. The Morgan fingerprint density at radius 2 is 1.93 bits per heavy atom. The van der Waals surface area contributed by atoms with Crippen molar-refractivity contribution in [3.05, 3.63) is 52.0 Å². The molecule has 0 amide bonds. The summed E-state index contributed by atoms with van der Waals surface area (Å²) in [4.78, 5) is 1.37. The number of piperazine rings is 1. The van der Waals surface area contributed by atoms with Gasteiger partial charge in [0.2, 0.25) is 10.0 Å².